The Morgan fingerprint density at radius 1 is 1.03 bits per heavy atom. The molecule has 0 radical (unpaired) electrons. The summed E-state index contributed by atoms with van der Waals surface area (Å²) in [6.45, 7) is -0.507. The van der Waals surface area contributed by atoms with Crippen molar-refractivity contribution < 1.29 is 18.0 Å². The molecule has 0 spiro atoms. The van der Waals surface area contributed by atoms with E-state index in [1.807, 2.05) is 0 Å². The molecule has 0 fully saturated rings. The molecule has 1 amide bonds. The zero-order valence-corrected chi connectivity index (χ0v) is 16.0. The Morgan fingerprint density at radius 3 is 2.38 bits per heavy atom. The third-order valence-corrected chi connectivity index (χ3v) is 4.45. The lowest BCUT2D eigenvalue weighted by molar-refractivity contribution is -0.137. The molecule has 3 rings (SSSR count). The fourth-order valence-corrected chi connectivity index (χ4v) is 2.75. The minimum atomic E-state index is -4.59. The van der Waals surface area contributed by atoms with Crippen molar-refractivity contribution in [2.45, 2.75) is 12.7 Å². The van der Waals surface area contributed by atoms with Crippen molar-refractivity contribution in [2.75, 3.05) is 5.32 Å². The Bertz CT molecular complexity index is 1110. The van der Waals surface area contributed by atoms with E-state index in [2.05, 4.69) is 10.4 Å². The second kappa shape index (κ2) is 8.26. The van der Waals surface area contributed by atoms with Crippen LogP contribution >= 0.6 is 23.2 Å². The van der Waals surface area contributed by atoms with Crippen molar-refractivity contribution in [1.29, 1.82) is 0 Å². The first kappa shape index (κ1) is 20.9. The molecule has 10 heteroatoms. The van der Waals surface area contributed by atoms with E-state index in [-0.39, 0.29) is 10.7 Å². The van der Waals surface area contributed by atoms with Gasteiger partial charge in [0.2, 0.25) is 5.91 Å². The minimum Gasteiger partial charge on any atom is -0.323 e. The molecule has 29 heavy (non-hydrogen) atoms. The van der Waals surface area contributed by atoms with E-state index in [0.717, 1.165) is 22.9 Å². The molecule has 0 unspecified atom stereocenters. The molecule has 0 bridgehead atoms. The second-order valence-corrected chi connectivity index (χ2v) is 6.81. The number of nitrogens with zero attached hydrogens (tertiary/aromatic N) is 2. The van der Waals surface area contributed by atoms with Gasteiger partial charge in [-0.3, -0.25) is 9.59 Å². The van der Waals surface area contributed by atoms with Crippen LogP contribution in [-0.4, -0.2) is 15.7 Å². The van der Waals surface area contributed by atoms with Gasteiger partial charge < -0.3 is 5.32 Å². The number of aromatic nitrogens is 2. The summed E-state index contributed by atoms with van der Waals surface area (Å²) < 4.78 is 39.4. The first-order valence-corrected chi connectivity index (χ1v) is 8.90. The summed E-state index contributed by atoms with van der Waals surface area (Å²) in [6.07, 6.45) is -4.59. The maximum Gasteiger partial charge on any atom is 0.416 e. The van der Waals surface area contributed by atoms with Gasteiger partial charge in [0.1, 0.15) is 6.54 Å². The van der Waals surface area contributed by atoms with E-state index in [0.29, 0.717) is 16.3 Å². The molecule has 0 saturated heterocycles. The van der Waals surface area contributed by atoms with E-state index in [9.17, 15) is 22.8 Å². The molecule has 3 aromatic rings. The lowest BCUT2D eigenvalue weighted by Gasteiger charge is -2.12. The van der Waals surface area contributed by atoms with Crippen molar-refractivity contribution in [1.82, 2.24) is 9.78 Å². The van der Waals surface area contributed by atoms with Gasteiger partial charge in [-0.2, -0.15) is 18.3 Å². The standard InChI is InChI=1S/C19H12Cl2F3N3O2/c20-13-4-1-11(2-5-13)15-7-8-18(29)27(26-15)10-17(28)25-16-9-12(19(22,23)24)3-6-14(16)21/h1-9H,10H2,(H,25,28). The summed E-state index contributed by atoms with van der Waals surface area (Å²) in [5, 5.41) is 6.86. The van der Waals surface area contributed by atoms with Gasteiger partial charge in [-0.15, -0.1) is 0 Å². The third-order valence-electron chi connectivity index (χ3n) is 3.87. The summed E-state index contributed by atoms with van der Waals surface area (Å²) >= 11 is 11.7. The van der Waals surface area contributed by atoms with Gasteiger partial charge in [0, 0.05) is 16.7 Å². The van der Waals surface area contributed by atoms with Gasteiger partial charge in [0.25, 0.3) is 5.56 Å². The number of amides is 1. The fourth-order valence-electron chi connectivity index (χ4n) is 2.46. The summed E-state index contributed by atoms with van der Waals surface area (Å²) in [5.74, 6) is -0.755. The minimum absolute atomic E-state index is 0.0680. The molecule has 0 aliphatic rings. The van der Waals surface area contributed by atoms with Crippen LogP contribution in [0, 0.1) is 0 Å². The molecule has 2 aromatic carbocycles. The Morgan fingerprint density at radius 2 is 1.72 bits per heavy atom. The summed E-state index contributed by atoms with van der Waals surface area (Å²) in [6, 6.07) is 12.0. The van der Waals surface area contributed by atoms with Crippen molar-refractivity contribution in [3.63, 3.8) is 0 Å². The molecular formula is C19H12Cl2F3N3O2. The smallest absolute Gasteiger partial charge is 0.323 e. The highest BCUT2D eigenvalue weighted by Crippen LogP contribution is 2.33. The van der Waals surface area contributed by atoms with Crippen LogP contribution in [0.1, 0.15) is 5.56 Å². The maximum absolute atomic E-state index is 12.8. The number of hydrogen-bond donors (Lipinski definition) is 1. The van der Waals surface area contributed by atoms with Gasteiger partial charge >= 0.3 is 6.18 Å². The quantitative estimate of drug-likeness (QED) is 0.627. The first-order valence-electron chi connectivity index (χ1n) is 8.14. The van der Waals surface area contributed by atoms with E-state index >= 15 is 0 Å². The van der Waals surface area contributed by atoms with Gasteiger partial charge in [0.15, 0.2) is 0 Å². The molecule has 150 valence electrons. The molecule has 1 N–H and O–H groups in total. The van der Waals surface area contributed by atoms with Crippen molar-refractivity contribution >= 4 is 34.8 Å². The Hall–Kier alpha value is -2.84. The molecule has 0 saturated carbocycles. The number of carbonyl (C=O) groups excluding carboxylic acids is 1. The molecular weight excluding hydrogens is 430 g/mol. The lowest BCUT2D eigenvalue weighted by Crippen LogP contribution is -2.29. The first-order chi connectivity index (χ1) is 13.6. The predicted molar refractivity (Wildman–Crippen MR) is 104 cm³/mol. The van der Waals surface area contributed by atoms with Crippen LogP contribution in [0.3, 0.4) is 0 Å². The fraction of sp³-hybridized carbons (Fsp3) is 0.105. The average molecular weight is 442 g/mol. The second-order valence-electron chi connectivity index (χ2n) is 5.96. The van der Waals surface area contributed by atoms with Gasteiger partial charge in [0.05, 0.1) is 22.0 Å². The normalized spacial score (nSPS) is 11.3. The van der Waals surface area contributed by atoms with E-state index in [1.54, 1.807) is 24.3 Å². The predicted octanol–water partition coefficient (Wildman–Crippen LogP) is 4.87. The zero-order chi connectivity index (χ0) is 21.2. The van der Waals surface area contributed by atoms with Crippen molar-refractivity contribution in [3.05, 3.63) is 80.6 Å². The monoisotopic (exact) mass is 441 g/mol. The number of carbonyl (C=O) groups is 1. The number of anilines is 1. The van der Waals surface area contributed by atoms with Gasteiger partial charge in [-0.1, -0.05) is 35.3 Å². The Labute approximate surface area is 172 Å². The van der Waals surface area contributed by atoms with Crippen LogP contribution in [0.15, 0.2) is 59.4 Å². The highest BCUT2D eigenvalue weighted by molar-refractivity contribution is 6.33. The van der Waals surface area contributed by atoms with Gasteiger partial charge in [-0.05, 0) is 36.4 Å². The van der Waals surface area contributed by atoms with Crippen LogP contribution in [0.4, 0.5) is 18.9 Å². The number of alkyl halides is 3. The Kier molecular flexibility index (Phi) is 5.95. The van der Waals surface area contributed by atoms with Gasteiger partial charge in [-0.25, -0.2) is 4.68 Å². The number of halogens is 5. The number of rotatable bonds is 4. The summed E-state index contributed by atoms with van der Waals surface area (Å²) in [7, 11) is 0. The molecule has 0 aliphatic heterocycles. The van der Waals surface area contributed by atoms with Crippen LogP contribution in [-0.2, 0) is 17.5 Å². The highest BCUT2D eigenvalue weighted by Gasteiger charge is 2.31. The SMILES string of the molecule is O=C(Cn1nc(-c2ccc(Cl)cc2)ccc1=O)Nc1cc(C(F)(F)F)ccc1Cl. The average Bonchev–Trinajstić information content (AvgIpc) is 2.65. The van der Waals surface area contributed by atoms with E-state index in [1.165, 1.54) is 12.1 Å². The number of hydrogen-bond acceptors (Lipinski definition) is 3. The molecule has 0 aliphatic carbocycles. The Balaban J connectivity index is 1.82. The maximum atomic E-state index is 12.8. The van der Waals surface area contributed by atoms with Crippen LogP contribution in [0.2, 0.25) is 10.0 Å². The third kappa shape index (κ3) is 5.16. The zero-order valence-electron chi connectivity index (χ0n) is 14.5. The van der Waals surface area contributed by atoms with Crippen molar-refractivity contribution in [2.24, 2.45) is 0 Å². The lowest BCUT2D eigenvalue weighted by atomic mass is 10.1. The molecule has 5 nitrogen and oxygen atoms in total. The molecule has 1 heterocycles. The highest BCUT2D eigenvalue weighted by atomic mass is 35.5. The number of nitrogens with one attached hydrogen (secondary N) is 1. The molecule has 0 atom stereocenters. The summed E-state index contributed by atoms with van der Waals surface area (Å²) in [5.41, 5.74) is -0.630. The van der Waals surface area contributed by atoms with Crippen LogP contribution < -0.4 is 10.9 Å². The summed E-state index contributed by atoms with van der Waals surface area (Å²) in [4.78, 5) is 24.3. The van der Waals surface area contributed by atoms with Crippen molar-refractivity contribution in [3.8, 4) is 11.3 Å². The van der Waals surface area contributed by atoms with Crippen LogP contribution in [0.25, 0.3) is 11.3 Å². The van der Waals surface area contributed by atoms with Crippen LogP contribution in [0.5, 0.6) is 0 Å². The van der Waals surface area contributed by atoms with E-state index in [4.69, 9.17) is 23.2 Å². The topological polar surface area (TPSA) is 64.0 Å². The largest absolute Gasteiger partial charge is 0.416 e. The molecule has 1 aromatic heterocycles. The number of benzene rings is 2. The van der Waals surface area contributed by atoms with E-state index < -0.39 is 29.8 Å².